The van der Waals surface area contributed by atoms with E-state index in [9.17, 15) is 34.0 Å². The van der Waals surface area contributed by atoms with Gasteiger partial charge in [-0.15, -0.1) is 0 Å². The van der Waals surface area contributed by atoms with Crippen molar-refractivity contribution < 1.29 is 28.8 Å². The third kappa shape index (κ3) is 5.13. The van der Waals surface area contributed by atoms with Gasteiger partial charge >= 0.3 is 5.97 Å². The Labute approximate surface area is 222 Å². The van der Waals surface area contributed by atoms with Gasteiger partial charge in [-0.05, 0) is 47.7 Å². The number of benzene rings is 3. The van der Waals surface area contributed by atoms with Crippen LogP contribution in [0.15, 0.2) is 84.1 Å². The molecular formula is C29H24FN3O6. The van der Waals surface area contributed by atoms with E-state index >= 15 is 0 Å². The number of para-hydroxylation sites is 2. The number of anilines is 2. The molecule has 0 radical (unpaired) electrons. The minimum absolute atomic E-state index is 0.0485. The lowest BCUT2D eigenvalue weighted by Crippen LogP contribution is -2.38. The molecule has 198 valence electrons. The van der Waals surface area contributed by atoms with E-state index in [0.717, 1.165) is 0 Å². The van der Waals surface area contributed by atoms with Crippen molar-refractivity contribution in [2.75, 3.05) is 10.2 Å². The molecule has 1 aliphatic carbocycles. The average molecular weight is 530 g/mol. The smallest absolute Gasteiger partial charge is 0.303 e. The van der Waals surface area contributed by atoms with Crippen molar-refractivity contribution in [3.8, 4) is 0 Å². The summed E-state index contributed by atoms with van der Waals surface area (Å²) in [6, 6.07) is 17.7. The summed E-state index contributed by atoms with van der Waals surface area (Å²) in [5.74, 6) is -2.72. The van der Waals surface area contributed by atoms with Crippen LogP contribution in [0.25, 0.3) is 0 Å². The number of rotatable bonds is 6. The number of nitro benzene ring substituents is 1. The molecule has 9 nitrogen and oxygen atoms in total. The minimum Gasteiger partial charge on any atom is -0.481 e. The highest BCUT2D eigenvalue weighted by Crippen LogP contribution is 2.47. The first-order valence-electron chi connectivity index (χ1n) is 12.4. The highest BCUT2D eigenvalue weighted by atomic mass is 19.1. The molecule has 2 aliphatic rings. The van der Waals surface area contributed by atoms with E-state index in [4.69, 9.17) is 0 Å². The van der Waals surface area contributed by atoms with Gasteiger partial charge in [-0.2, -0.15) is 0 Å². The SMILES string of the molecule is O=C(O)CCC(=O)N1c2ccccc2NC2=C(C(=O)C[C@H](c3cccc([N+](=O)[O-])c3)C2)[C@H]1c1ccc(F)cc1. The van der Waals surface area contributed by atoms with Crippen molar-refractivity contribution in [2.24, 2.45) is 0 Å². The standard InChI is InChI=1S/C29H24FN3O6/c30-20-10-8-17(9-11-20)29-28-23(15-19(16-25(28)34)18-4-3-5-21(14-18)33(38)39)31-22-6-1-2-7-24(22)32(29)26(35)12-13-27(36)37/h1-11,14,19,29,31H,12-13,15-16H2,(H,36,37)/t19-,29-/m1/s1. The van der Waals surface area contributed by atoms with Gasteiger partial charge < -0.3 is 10.4 Å². The summed E-state index contributed by atoms with van der Waals surface area (Å²) in [5, 5.41) is 23.9. The molecule has 3 aromatic carbocycles. The summed E-state index contributed by atoms with van der Waals surface area (Å²) in [6.07, 6.45) is -0.303. The Morgan fingerprint density at radius 2 is 1.74 bits per heavy atom. The van der Waals surface area contributed by atoms with E-state index in [2.05, 4.69) is 5.32 Å². The Morgan fingerprint density at radius 3 is 2.46 bits per heavy atom. The highest BCUT2D eigenvalue weighted by Gasteiger charge is 2.41. The number of allylic oxidation sites excluding steroid dienone is 1. The van der Waals surface area contributed by atoms with Crippen molar-refractivity contribution in [3.63, 3.8) is 0 Å². The molecule has 5 rings (SSSR count). The van der Waals surface area contributed by atoms with E-state index < -0.39 is 35.1 Å². The van der Waals surface area contributed by atoms with Crippen LogP contribution in [0, 0.1) is 15.9 Å². The molecule has 39 heavy (non-hydrogen) atoms. The molecule has 2 atom stereocenters. The lowest BCUT2D eigenvalue weighted by Gasteiger charge is -2.35. The van der Waals surface area contributed by atoms with Crippen LogP contribution in [-0.4, -0.2) is 27.7 Å². The summed E-state index contributed by atoms with van der Waals surface area (Å²) in [6.45, 7) is 0. The molecule has 0 unspecified atom stereocenters. The predicted octanol–water partition coefficient (Wildman–Crippen LogP) is 5.50. The number of nitro groups is 1. The summed E-state index contributed by atoms with van der Waals surface area (Å²) < 4.78 is 13.9. The van der Waals surface area contributed by atoms with Crippen molar-refractivity contribution in [1.29, 1.82) is 0 Å². The van der Waals surface area contributed by atoms with Crippen LogP contribution >= 0.6 is 0 Å². The van der Waals surface area contributed by atoms with Crippen LogP contribution < -0.4 is 10.2 Å². The average Bonchev–Trinajstić information content (AvgIpc) is 3.07. The number of hydrogen-bond acceptors (Lipinski definition) is 6. The van der Waals surface area contributed by atoms with Gasteiger partial charge in [0.2, 0.25) is 5.91 Å². The molecule has 10 heteroatoms. The molecule has 0 aromatic heterocycles. The number of Topliss-reactive ketones (excluding diaryl/α,β-unsaturated/α-hetero) is 1. The van der Waals surface area contributed by atoms with Crippen LogP contribution in [0.3, 0.4) is 0 Å². The largest absolute Gasteiger partial charge is 0.481 e. The third-order valence-electron chi connectivity index (χ3n) is 7.05. The number of aliphatic carboxylic acids is 1. The molecule has 3 aromatic rings. The van der Waals surface area contributed by atoms with Crippen molar-refractivity contribution in [3.05, 3.63) is 111 Å². The number of carboxylic acids is 1. The van der Waals surface area contributed by atoms with Crippen molar-refractivity contribution in [2.45, 2.75) is 37.6 Å². The second-order valence-corrected chi connectivity index (χ2v) is 9.53. The Kier molecular flexibility index (Phi) is 6.93. The van der Waals surface area contributed by atoms with Gasteiger partial charge in [0.15, 0.2) is 5.78 Å². The normalized spacial score (nSPS) is 18.5. The summed E-state index contributed by atoms with van der Waals surface area (Å²) >= 11 is 0. The first kappa shape index (κ1) is 25.8. The number of amides is 1. The van der Waals surface area contributed by atoms with E-state index in [-0.39, 0.29) is 30.2 Å². The number of carbonyl (C=O) groups excluding carboxylic acids is 2. The Balaban J connectivity index is 1.66. The number of hydrogen-bond donors (Lipinski definition) is 2. The van der Waals surface area contributed by atoms with Gasteiger partial charge in [-0.3, -0.25) is 29.4 Å². The second-order valence-electron chi connectivity index (χ2n) is 9.53. The monoisotopic (exact) mass is 529 g/mol. The summed E-state index contributed by atoms with van der Waals surface area (Å²) in [7, 11) is 0. The maximum Gasteiger partial charge on any atom is 0.303 e. The van der Waals surface area contributed by atoms with Crippen molar-refractivity contribution >= 4 is 34.7 Å². The van der Waals surface area contributed by atoms with Crippen molar-refractivity contribution in [1.82, 2.24) is 0 Å². The number of carbonyl (C=O) groups is 3. The van der Waals surface area contributed by atoms with Gasteiger partial charge in [0.25, 0.3) is 5.69 Å². The van der Waals surface area contributed by atoms with Gasteiger partial charge in [-0.25, -0.2) is 4.39 Å². The van der Waals surface area contributed by atoms with E-state index in [1.165, 1.54) is 41.3 Å². The minimum atomic E-state index is -1.13. The maximum atomic E-state index is 13.9. The molecule has 1 amide bonds. The van der Waals surface area contributed by atoms with Gasteiger partial charge in [0, 0.05) is 36.2 Å². The summed E-state index contributed by atoms with van der Waals surface area (Å²) in [4.78, 5) is 51.0. The number of nitrogens with zero attached hydrogens (tertiary/aromatic N) is 2. The fourth-order valence-electron chi connectivity index (χ4n) is 5.29. The Hall–Kier alpha value is -4.86. The molecule has 1 aliphatic heterocycles. The molecule has 2 N–H and O–H groups in total. The maximum absolute atomic E-state index is 13.9. The molecule has 0 spiro atoms. The fourth-order valence-corrected chi connectivity index (χ4v) is 5.29. The van der Waals surface area contributed by atoms with E-state index in [0.29, 0.717) is 40.2 Å². The van der Waals surface area contributed by atoms with Gasteiger partial charge in [0.05, 0.1) is 28.8 Å². The van der Waals surface area contributed by atoms with E-state index in [1.807, 2.05) is 0 Å². The zero-order chi connectivity index (χ0) is 27.7. The molecule has 1 heterocycles. The number of ketones is 1. The Morgan fingerprint density at radius 1 is 1.00 bits per heavy atom. The predicted molar refractivity (Wildman–Crippen MR) is 141 cm³/mol. The topological polar surface area (TPSA) is 130 Å². The molecule has 0 saturated carbocycles. The first-order chi connectivity index (χ1) is 18.7. The van der Waals surface area contributed by atoms with Gasteiger partial charge in [-0.1, -0.05) is 36.4 Å². The number of nitrogens with one attached hydrogen (secondary N) is 1. The fraction of sp³-hybridized carbons (Fsp3) is 0.207. The number of carboxylic acid groups (broad SMARTS) is 1. The highest BCUT2D eigenvalue weighted by molar-refractivity contribution is 6.06. The number of halogens is 1. The first-order valence-corrected chi connectivity index (χ1v) is 12.4. The summed E-state index contributed by atoms with van der Waals surface area (Å²) in [5.41, 5.74) is 2.95. The Bertz CT molecular complexity index is 1520. The third-order valence-corrected chi connectivity index (χ3v) is 7.05. The van der Waals surface area contributed by atoms with Crippen LogP contribution in [-0.2, 0) is 14.4 Å². The van der Waals surface area contributed by atoms with Crippen LogP contribution in [0.5, 0.6) is 0 Å². The molecule has 0 fully saturated rings. The molecule has 0 bridgehead atoms. The number of non-ortho nitro benzene ring substituents is 1. The second kappa shape index (κ2) is 10.5. The van der Waals surface area contributed by atoms with Crippen LogP contribution in [0.4, 0.5) is 21.5 Å². The lowest BCUT2D eigenvalue weighted by molar-refractivity contribution is -0.384. The lowest BCUT2D eigenvalue weighted by atomic mass is 9.78. The number of fused-ring (bicyclic) bond motifs is 1. The van der Waals surface area contributed by atoms with Gasteiger partial charge in [0.1, 0.15) is 5.82 Å². The molecule has 0 saturated heterocycles. The zero-order valence-electron chi connectivity index (χ0n) is 20.7. The zero-order valence-corrected chi connectivity index (χ0v) is 20.7. The quantitative estimate of drug-likeness (QED) is 0.319. The van der Waals surface area contributed by atoms with E-state index in [1.54, 1.807) is 36.4 Å². The molecular weight excluding hydrogens is 505 g/mol. The van der Waals surface area contributed by atoms with Crippen LogP contribution in [0.1, 0.15) is 48.8 Å². The van der Waals surface area contributed by atoms with Crippen LogP contribution in [0.2, 0.25) is 0 Å².